The number of pyridine rings is 2. The lowest BCUT2D eigenvalue weighted by Crippen LogP contribution is -2.36. The second-order valence-corrected chi connectivity index (χ2v) is 9.50. The number of hydrogen-bond donors (Lipinski definition) is 3. The first kappa shape index (κ1) is 27.6. The summed E-state index contributed by atoms with van der Waals surface area (Å²) in [5.74, 6) is 0. The highest BCUT2D eigenvalue weighted by molar-refractivity contribution is 5.22. The molecular weight excluding hydrogens is 468 g/mol. The molecule has 3 N–H and O–H groups in total. The third-order valence-electron chi connectivity index (χ3n) is 6.47. The summed E-state index contributed by atoms with van der Waals surface area (Å²) in [6.07, 6.45) is 4.74. The third-order valence-corrected chi connectivity index (χ3v) is 6.47. The molecule has 0 unspecified atom stereocenters. The van der Waals surface area contributed by atoms with Crippen LogP contribution < -0.4 is 16.0 Å². The van der Waals surface area contributed by atoms with Crippen molar-refractivity contribution in [2.24, 2.45) is 0 Å². The van der Waals surface area contributed by atoms with Crippen molar-refractivity contribution in [3.8, 4) is 0 Å². The van der Waals surface area contributed by atoms with Crippen molar-refractivity contribution < 1.29 is 0 Å². The highest BCUT2D eigenvalue weighted by atomic mass is 15.1. The van der Waals surface area contributed by atoms with E-state index in [9.17, 15) is 0 Å². The van der Waals surface area contributed by atoms with Crippen LogP contribution in [0.4, 0.5) is 0 Å². The van der Waals surface area contributed by atoms with Crippen LogP contribution in [0.2, 0.25) is 0 Å². The zero-order valence-electron chi connectivity index (χ0n) is 22.2. The molecule has 0 aliphatic carbocycles. The second kappa shape index (κ2) is 16.4. The lowest BCUT2D eigenvalue weighted by Gasteiger charge is -2.23. The standard InChI is InChI=1S/C32H40N6/c1-2-8-28(9-3-1)16-19-33-24-29-12-14-30(15-13-29)27-38(22-20-34-25-31-10-4-6-17-36-31)23-21-35-26-32-11-5-7-18-37-32/h1-15,17-18,33-35H,16,19-27H2. The lowest BCUT2D eigenvalue weighted by atomic mass is 10.1. The van der Waals surface area contributed by atoms with E-state index in [2.05, 4.69) is 97.5 Å². The first-order valence-electron chi connectivity index (χ1n) is 13.6. The van der Waals surface area contributed by atoms with Crippen LogP contribution in [0.15, 0.2) is 103 Å². The maximum Gasteiger partial charge on any atom is 0.0541 e. The lowest BCUT2D eigenvalue weighted by molar-refractivity contribution is 0.263. The Hall–Kier alpha value is -3.42. The highest BCUT2D eigenvalue weighted by Crippen LogP contribution is 2.08. The normalized spacial score (nSPS) is 11.2. The predicted octanol–water partition coefficient (Wildman–Crippen LogP) is 4.19. The molecule has 4 aromatic rings. The molecule has 0 bridgehead atoms. The van der Waals surface area contributed by atoms with Crippen LogP contribution in [-0.2, 0) is 32.6 Å². The second-order valence-electron chi connectivity index (χ2n) is 9.50. The molecule has 0 spiro atoms. The van der Waals surface area contributed by atoms with Gasteiger partial charge in [0.15, 0.2) is 0 Å². The van der Waals surface area contributed by atoms with Gasteiger partial charge in [0.25, 0.3) is 0 Å². The van der Waals surface area contributed by atoms with E-state index in [0.29, 0.717) is 0 Å². The SMILES string of the molecule is c1ccc(CCNCc2ccc(CN(CCNCc3ccccn3)CCNCc3ccccn3)cc2)cc1. The topological polar surface area (TPSA) is 65.1 Å². The van der Waals surface area contributed by atoms with E-state index in [-0.39, 0.29) is 0 Å². The fourth-order valence-corrected chi connectivity index (χ4v) is 4.31. The van der Waals surface area contributed by atoms with E-state index in [1.54, 1.807) is 0 Å². The van der Waals surface area contributed by atoms with Gasteiger partial charge in [0.1, 0.15) is 0 Å². The van der Waals surface area contributed by atoms with Gasteiger partial charge in [-0.2, -0.15) is 0 Å². The van der Waals surface area contributed by atoms with E-state index in [1.807, 2.05) is 36.7 Å². The molecule has 6 nitrogen and oxygen atoms in total. The first-order valence-corrected chi connectivity index (χ1v) is 13.6. The van der Waals surface area contributed by atoms with Crippen LogP contribution in [-0.4, -0.2) is 47.6 Å². The van der Waals surface area contributed by atoms with Gasteiger partial charge in [-0.05, 0) is 53.9 Å². The van der Waals surface area contributed by atoms with Gasteiger partial charge in [0.05, 0.1) is 11.4 Å². The average Bonchev–Trinajstić information content (AvgIpc) is 2.98. The Balaban J connectivity index is 1.21. The average molecular weight is 509 g/mol. The van der Waals surface area contributed by atoms with Crippen molar-refractivity contribution in [1.82, 2.24) is 30.8 Å². The summed E-state index contributed by atoms with van der Waals surface area (Å²) in [4.78, 5) is 11.3. The maximum atomic E-state index is 4.41. The van der Waals surface area contributed by atoms with Crippen molar-refractivity contribution >= 4 is 0 Å². The van der Waals surface area contributed by atoms with Crippen LogP contribution in [0, 0.1) is 0 Å². The van der Waals surface area contributed by atoms with Gasteiger partial charge in [-0.1, -0.05) is 66.7 Å². The van der Waals surface area contributed by atoms with Gasteiger partial charge < -0.3 is 16.0 Å². The van der Waals surface area contributed by atoms with Gasteiger partial charge in [0.2, 0.25) is 0 Å². The molecule has 4 rings (SSSR count). The Morgan fingerprint density at radius 2 is 1.05 bits per heavy atom. The minimum Gasteiger partial charge on any atom is -0.312 e. The van der Waals surface area contributed by atoms with Crippen LogP contribution >= 0.6 is 0 Å². The summed E-state index contributed by atoms with van der Waals surface area (Å²) in [5.41, 5.74) is 6.18. The molecule has 6 heteroatoms. The van der Waals surface area contributed by atoms with E-state index in [0.717, 1.165) is 76.7 Å². The molecule has 0 fully saturated rings. The molecule has 0 radical (unpaired) electrons. The molecule has 198 valence electrons. The minimum absolute atomic E-state index is 0.790. The fourth-order valence-electron chi connectivity index (χ4n) is 4.31. The summed E-state index contributed by atoms with van der Waals surface area (Å²) >= 11 is 0. The molecule has 2 aromatic heterocycles. The third kappa shape index (κ3) is 10.5. The predicted molar refractivity (Wildman–Crippen MR) is 155 cm³/mol. The number of rotatable bonds is 17. The van der Waals surface area contributed by atoms with Crippen molar-refractivity contribution in [3.63, 3.8) is 0 Å². The van der Waals surface area contributed by atoms with Crippen LogP contribution in [0.1, 0.15) is 28.1 Å². The number of nitrogens with zero attached hydrogens (tertiary/aromatic N) is 3. The molecule has 2 heterocycles. The Labute approximate surface area is 227 Å². The van der Waals surface area contributed by atoms with Crippen molar-refractivity contribution in [2.45, 2.75) is 32.6 Å². The van der Waals surface area contributed by atoms with E-state index in [1.165, 1.54) is 16.7 Å². The minimum atomic E-state index is 0.790. The molecule has 0 saturated carbocycles. The summed E-state index contributed by atoms with van der Waals surface area (Å²) in [6, 6.07) is 31.8. The summed E-state index contributed by atoms with van der Waals surface area (Å²) in [7, 11) is 0. The first-order chi connectivity index (χ1) is 18.8. The zero-order valence-corrected chi connectivity index (χ0v) is 22.2. The van der Waals surface area contributed by atoms with E-state index >= 15 is 0 Å². The molecule has 0 aliphatic heterocycles. The van der Waals surface area contributed by atoms with E-state index < -0.39 is 0 Å². The number of benzene rings is 2. The molecule has 0 aliphatic rings. The Morgan fingerprint density at radius 1 is 0.500 bits per heavy atom. The van der Waals surface area contributed by atoms with E-state index in [4.69, 9.17) is 0 Å². The summed E-state index contributed by atoms with van der Waals surface area (Å²) in [6.45, 7) is 8.17. The van der Waals surface area contributed by atoms with Crippen LogP contribution in [0.25, 0.3) is 0 Å². The molecular formula is C32H40N6. The summed E-state index contributed by atoms with van der Waals surface area (Å²) < 4.78 is 0. The van der Waals surface area contributed by atoms with Gasteiger partial charge in [0, 0.05) is 64.8 Å². The van der Waals surface area contributed by atoms with Gasteiger partial charge >= 0.3 is 0 Å². The quantitative estimate of drug-likeness (QED) is 0.186. The number of aromatic nitrogens is 2. The summed E-state index contributed by atoms with van der Waals surface area (Å²) in [5, 5.41) is 10.7. The zero-order chi connectivity index (χ0) is 26.1. The van der Waals surface area contributed by atoms with Gasteiger partial charge in [-0.3, -0.25) is 14.9 Å². The molecule has 38 heavy (non-hydrogen) atoms. The number of nitrogens with one attached hydrogen (secondary N) is 3. The van der Waals surface area contributed by atoms with Crippen LogP contribution in [0.3, 0.4) is 0 Å². The Kier molecular flexibility index (Phi) is 11.9. The van der Waals surface area contributed by atoms with Crippen LogP contribution in [0.5, 0.6) is 0 Å². The Bertz CT molecular complexity index is 1090. The van der Waals surface area contributed by atoms with Gasteiger partial charge in [-0.25, -0.2) is 0 Å². The molecule has 0 saturated heterocycles. The highest BCUT2D eigenvalue weighted by Gasteiger charge is 2.07. The molecule has 0 atom stereocenters. The maximum absolute atomic E-state index is 4.41. The van der Waals surface area contributed by atoms with Crippen molar-refractivity contribution in [2.75, 3.05) is 32.7 Å². The monoisotopic (exact) mass is 508 g/mol. The Morgan fingerprint density at radius 3 is 1.63 bits per heavy atom. The fraction of sp³-hybridized carbons (Fsp3) is 0.312. The van der Waals surface area contributed by atoms with Crippen molar-refractivity contribution in [1.29, 1.82) is 0 Å². The number of hydrogen-bond acceptors (Lipinski definition) is 6. The molecule has 2 aromatic carbocycles. The smallest absolute Gasteiger partial charge is 0.0541 e. The van der Waals surface area contributed by atoms with Gasteiger partial charge in [-0.15, -0.1) is 0 Å². The largest absolute Gasteiger partial charge is 0.312 e. The molecule has 0 amide bonds. The van der Waals surface area contributed by atoms with Crippen molar-refractivity contribution in [3.05, 3.63) is 131 Å².